The normalized spacial score (nSPS) is 11.4. The van der Waals surface area contributed by atoms with Crippen LogP contribution in [0.1, 0.15) is 80.2 Å². The zero-order chi connectivity index (χ0) is 23.9. The molecule has 1 unspecified atom stereocenters. The Morgan fingerprint density at radius 2 is 1.67 bits per heavy atom. The van der Waals surface area contributed by atoms with Gasteiger partial charge in [-0.3, -0.25) is 4.79 Å². The quantitative estimate of drug-likeness (QED) is 0.361. The maximum atomic E-state index is 10.6. The van der Waals surface area contributed by atoms with Crippen molar-refractivity contribution in [2.75, 3.05) is 6.54 Å². The Morgan fingerprint density at radius 1 is 1.13 bits per heavy atom. The summed E-state index contributed by atoms with van der Waals surface area (Å²) >= 11 is 0. The Morgan fingerprint density at radius 3 is 1.87 bits per heavy atom. The number of hydrogen-bond acceptors (Lipinski definition) is 3. The average molecular weight is 417 g/mol. The maximum Gasteiger partial charge on any atom is 0.177 e. The zero-order valence-corrected chi connectivity index (χ0v) is 21.1. The Kier molecular flexibility index (Phi) is 24.8. The minimum absolute atomic E-state index is 0.0848. The lowest BCUT2D eigenvalue weighted by Gasteiger charge is -2.04. The molecule has 0 aliphatic rings. The summed E-state index contributed by atoms with van der Waals surface area (Å²) in [6.45, 7) is 22.5. The van der Waals surface area contributed by atoms with Crippen LogP contribution in [0.5, 0.6) is 0 Å². The number of carbonyl (C=O) groups excluding carboxylic acids is 1. The van der Waals surface area contributed by atoms with Crippen molar-refractivity contribution < 1.29 is 4.79 Å². The number of ketones is 1. The van der Waals surface area contributed by atoms with Crippen LogP contribution >= 0.6 is 0 Å². The lowest BCUT2D eigenvalue weighted by atomic mass is 10.0. The van der Waals surface area contributed by atoms with Crippen LogP contribution in [0.25, 0.3) is 0 Å². The number of aryl methyl sites for hydroxylation is 1. The van der Waals surface area contributed by atoms with Crippen LogP contribution in [0.2, 0.25) is 0 Å². The van der Waals surface area contributed by atoms with E-state index < -0.39 is 0 Å². The molecule has 3 heteroatoms. The highest BCUT2D eigenvalue weighted by Gasteiger charge is 2.00. The number of nitrogens with two attached hydrogens (primary N) is 1. The second kappa shape index (κ2) is 23.0. The summed E-state index contributed by atoms with van der Waals surface area (Å²) in [6, 6.07) is 10.3. The summed E-state index contributed by atoms with van der Waals surface area (Å²) < 4.78 is 0. The van der Waals surface area contributed by atoms with Crippen molar-refractivity contribution in [1.82, 2.24) is 5.32 Å². The first kappa shape index (κ1) is 32.4. The van der Waals surface area contributed by atoms with Gasteiger partial charge in [-0.05, 0) is 40.5 Å². The van der Waals surface area contributed by atoms with Crippen molar-refractivity contribution in [3.63, 3.8) is 0 Å². The molecule has 172 valence electrons. The maximum absolute atomic E-state index is 10.6. The number of Topliss-reactive ketones (excluding diaryl/α,β-unsaturated/α-hetero) is 1. The standard InChI is InChI=1S/C7H14N2O.C7H8.C7H16.C6H10/c1-4-9-5(2)7(8)6(3)10;1-7-5-3-2-4-6-7;1-4-6-7(3)5-2;1-4-5-6(2)3/h9H,4,8H2,1-3H3;2-6H,1H3;7H,4-6H2,1-3H3;4-5H,2H2,1,3H3/b7-5-;;;5-4-. The predicted octanol–water partition coefficient (Wildman–Crippen LogP) is 7.34. The Bertz CT molecular complexity index is 601. The van der Waals surface area contributed by atoms with E-state index in [-0.39, 0.29) is 5.78 Å². The molecule has 0 spiro atoms. The van der Waals surface area contributed by atoms with Gasteiger partial charge in [-0.15, -0.1) is 0 Å². The fourth-order valence-electron chi connectivity index (χ4n) is 2.14. The van der Waals surface area contributed by atoms with Crippen LogP contribution in [-0.2, 0) is 4.79 Å². The monoisotopic (exact) mass is 416 g/mol. The second-order valence-corrected chi connectivity index (χ2v) is 7.43. The number of nitrogens with one attached hydrogen (secondary N) is 1. The molecule has 0 heterocycles. The zero-order valence-electron chi connectivity index (χ0n) is 21.1. The van der Waals surface area contributed by atoms with Gasteiger partial charge in [-0.2, -0.15) is 0 Å². The highest BCUT2D eigenvalue weighted by Crippen LogP contribution is 2.07. The van der Waals surface area contributed by atoms with Crippen LogP contribution in [0.3, 0.4) is 0 Å². The van der Waals surface area contributed by atoms with Crippen molar-refractivity contribution in [2.45, 2.75) is 81.6 Å². The smallest absolute Gasteiger partial charge is 0.177 e. The molecule has 0 saturated carbocycles. The van der Waals surface area contributed by atoms with E-state index in [1.54, 1.807) is 6.92 Å². The second-order valence-electron chi connectivity index (χ2n) is 7.43. The van der Waals surface area contributed by atoms with Crippen molar-refractivity contribution >= 4 is 5.78 Å². The van der Waals surface area contributed by atoms with E-state index in [4.69, 9.17) is 5.73 Å². The molecular weight excluding hydrogens is 368 g/mol. The Hall–Kier alpha value is -2.29. The van der Waals surface area contributed by atoms with E-state index in [1.165, 1.54) is 31.7 Å². The molecule has 3 nitrogen and oxygen atoms in total. The van der Waals surface area contributed by atoms with Crippen LogP contribution < -0.4 is 11.1 Å². The molecule has 0 aliphatic carbocycles. The van der Waals surface area contributed by atoms with E-state index in [9.17, 15) is 4.79 Å². The third kappa shape index (κ3) is 25.7. The summed E-state index contributed by atoms with van der Waals surface area (Å²) in [5, 5.41) is 2.96. The Balaban J connectivity index is -0.000000330. The number of rotatable bonds is 7. The van der Waals surface area contributed by atoms with E-state index in [0.29, 0.717) is 5.70 Å². The molecule has 1 aromatic carbocycles. The van der Waals surface area contributed by atoms with E-state index in [1.807, 2.05) is 51.1 Å². The first-order chi connectivity index (χ1) is 14.1. The molecular formula is C27H48N2O. The molecule has 0 fully saturated rings. The molecule has 1 aromatic rings. The van der Waals surface area contributed by atoms with E-state index in [2.05, 4.69) is 51.7 Å². The average Bonchev–Trinajstić information content (AvgIpc) is 2.69. The molecule has 0 bridgehead atoms. The molecule has 0 aromatic heterocycles. The predicted molar refractivity (Wildman–Crippen MR) is 136 cm³/mol. The van der Waals surface area contributed by atoms with Crippen molar-refractivity contribution in [2.24, 2.45) is 11.7 Å². The van der Waals surface area contributed by atoms with Gasteiger partial charge in [-0.1, -0.05) is 100 Å². The fraction of sp³-hybridized carbons (Fsp3) is 0.519. The molecule has 1 rings (SSSR count). The highest BCUT2D eigenvalue weighted by molar-refractivity contribution is 5.92. The lowest BCUT2D eigenvalue weighted by Crippen LogP contribution is -2.19. The van der Waals surface area contributed by atoms with Gasteiger partial charge in [0, 0.05) is 19.2 Å². The molecule has 0 saturated heterocycles. The van der Waals surface area contributed by atoms with Crippen molar-refractivity contribution in [3.8, 4) is 0 Å². The third-order valence-electron chi connectivity index (χ3n) is 4.10. The van der Waals surface area contributed by atoms with E-state index in [0.717, 1.165) is 23.7 Å². The van der Waals surface area contributed by atoms with Crippen molar-refractivity contribution in [1.29, 1.82) is 0 Å². The molecule has 1 atom stereocenters. The van der Waals surface area contributed by atoms with Gasteiger partial charge in [0.25, 0.3) is 0 Å². The lowest BCUT2D eigenvalue weighted by molar-refractivity contribution is -0.113. The summed E-state index contributed by atoms with van der Waals surface area (Å²) in [5.74, 6) is 0.864. The molecule has 3 N–H and O–H groups in total. The molecule has 0 radical (unpaired) electrons. The Labute approximate surface area is 187 Å². The minimum atomic E-state index is -0.0848. The highest BCUT2D eigenvalue weighted by atomic mass is 16.1. The van der Waals surface area contributed by atoms with Crippen LogP contribution in [-0.4, -0.2) is 12.3 Å². The number of benzene rings is 1. The van der Waals surface area contributed by atoms with Gasteiger partial charge in [0.05, 0.1) is 5.70 Å². The first-order valence-corrected chi connectivity index (χ1v) is 11.1. The fourth-order valence-corrected chi connectivity index (χ4v) is 2.14. The van der Waals surface area contributed by atoms with Gasteiger partial charge >= 0.3 is 0 Å². The minimum Gasteiger partial charge on any atom is -0.394 e. The SMILES string of the molecule is C=C(C)/C=C\C.CCCC(C)CC.CCN/C(C)=C(\N)C(C)=O.Cc1ccccc1. The van der Waals surface area contributed by atoms with Crippen LogP contribution in [0.15, 0.2) is 66.0 Å². The topological polar surface area (TPSA) is 55.1 Å². The van der Waals surface area contributed by atoms with Crippen molar-refractivity contribution in [3.05, 3.63) is 71.6 Å². The molecule has 0 aliphatic heterocycles. The molecule has 0 amide bonds. The van der Waals surface area contributed by atoms with Gasteiger partial charge in [0.1, 0.15) is 0 Å². The first-order valence-electron chi connectivity index (χ1n) is 11.1. The van der Waals surface area contributed by atoms with Crippen LogP contribution in [0, 0.1) is 12.8 Å². The van der Waals surface area contributed by atoms with Gasteiger partial charge < -0.3 is 11.1 Å². The number of hydrogen-bond donors (Lipinski definition) is 2. The number of carbonyl (C=O) groups is 1. The largest absolute Gasteiger partial charge is 0.394 e. The van der Waals surface area contributed by atoms with Crippen LogP contribution in [0.4, 0.5) is 0 Å². The molecule has 30 heavy (non-hydrogen) atoms. The summed E-state index contributed by atoms with van der Waals surface area (Å²) in [6.07, 6.45) is 8.03. The van der Waals surface area contributed by atoms with Gasteiger partial charge in [0.15, 0.2) is 5.78 Å². The summed E-state index contributed by atoms with van der Waals surface area (Å²) in [7, 11) is 0. The third-order valence-corrected chi connectivity index (χ3v) is 4.10. The van der Waals surface area contributed by atoms with E-state index >= 15 is 0 Å². The summed E-state index contributed by atoms with van der Waals surface area (Å²) in [4.78, 5) is 10.6. The summed E-state index contributed by atoms with van der Waals surface area (Å²) in [5.41, 5.74) is 8.92. The van der Waals surface area contributed by atoms with Gasteiger partial charge in [0.2, 0.25) is 0 Å². The van der Waals surface area contributed by atoms with Gasteiger partial charge in [-0.25, -0.2) is 0 Å². The number of allylic oxidation sites excluding steroid dienone is 5.